The molecule has 2 aromatic carbocycles. The largest absolute Gasteiger partial charge is 0.390 e. The lowest BCUT2D eigenvalue weighted by Crippen LogP contribution is -2.49. The van der Waals surface area contributed by atoms with E-state index in [4.69, 9.17) is 14.8 Å². The van der Waals surface area contributed by atoms with Gasteiger partial charge in [-0.1, -0.05) is 12.1 Å². The van der Waals surface area contributed by atoms with Gasteiger partial charge in [-0.05, 0) is 56.4 Å². The summed E-state index contributed by atoms with van der Waals surface area (Å²) in [6, 6.07) is 5.32. The van der Waals surface area contributed by atoms with Crippen molar-refractivity contribution < 1.29 is 23.0 Å². The normalized spacial score (nSPS) is 16.8. The summed E-state index contributed by atoms with van der Waals surface area (Å²) in [5, 5.41) is 13.2. The van der Waals surface area contributed by atoms with Gasteiger partial charge in [0.1, 0.15) is 24.1 Å². The van der Waals surface area contributed by atoms with E-state index in [9.17, 15) is 8.78 Å². The van der Waals surface area contributed by atoms with Crippen molar-refractivity contribution in [2.45, 2.75) is 45.1 Å². The fraction of sp³-hybridized carbons (Fsp3) is 0.481. The monoisotopic (exact) mass is 500 g/mol. The van der Waals surface area contributed by atoms with Crippen molar-refractivity contribution in [3.05, 3.63) is 58.2 Å². The molecule has 0 radical (unpaired) electrons. The highest BCUT2D eigenvalue weighted by Gasteiger charge is 2.35. The SMILES string of the molecule is COCC1CN(c2cc3c(N[C@H](C)c4cccc(C(F)(F)CO)c4F)nc(C)nc3c3c2CCC3)C1. The third-order valence-electron chi connectivity index (χ3n) is 7.29. The first-order chi connectivity index (χ1) is 17.2. The molecular formula is C27H31F3N4O2. The van der Waals surface area contributed by atoms with Crippen LogP contribution >= 0.6 is 0 Å². The maximum atomic E-state index is 15.1. The van der Waals surface area contributed by atoms with Gasteiger partial charge in [0.15, 0.2) is 0 Å². The number of nitrogens with one attached hydrogen (secondary N) is 1. The van der Waals surface area contributed by atoms with Crippen LogP contribution in [0.15, 0.2) is 24.3 Å². The molecule has 0 spiro atoms. The van der Waals surface area contributed by atoms with Gasteiger partial charge in [-0.15, -0.1) is 0 Å². The summed E-state index contributed by atoms with van der Waals surface area (Å²) in [7, 11) is 1.72. The molecule has 0 saturated carbocycles. The molecule has 5 rings (SSSR count). The van der Waals surface area contributed by atoms with E-state index in [0.717, 1.165) is 55.9 Å². The predicted octanol–water partition coefficient (Wildman–Crippen LogP) is 4.91. The number of aromatic nitrogens is 2. The summed E-state index contributed by atoms with van der Waals surface area (Å²) in [5.74, 6) is -3.05. The predicted molar refractivity (Wildman–Crippen MR) is 133 cm³/mol. The second-order valence-electron chi connectivity index (χ2n) is 9.89. The molecule has 3 aromatic rings. The number of aryl methyl sites for hydroxylation is 2. The highest BCUT2D eigenvalue weighted by Crippen LogP contribution is 2.41. The van der Waals surface area contributed by atoms with Gasteiger partial charge >= 0.3 is 0 Å². The highest BCUT2D eigenvalue weighted by atomic mass is 19.3. The Balaban J connectivity index is 1.54. The van der Waals surface area contributed by atoms with E-state index in [1.54, 1.807) is 14.0 Å². The number of ether oxygens (including phenoxy) is 1. The van der Waals surface area contributed by atoms with Crippen LogP contribution in [0.4, 0.5) is 24.7 Å². The summed E-state index contributed by atoms with van der Waals surface area (Å²) in [5.41, 5.74) is 3.90. The summed E-state index contributed by atoms with van der Waals surface area (Å²) in [6.45, 7) is 4.66. The maximum absolute atomic E-state index is 15.1. The smallest absolute Gasteiger partial charge is 0.298 e. The zero-order chi connectivity index (χ0) is 25.6. The van der Waals surface area contributed by atoms with Crippen molar-refractivity contribution in [2.24, 2.45) is 5.92 Å². The summed E-state index contributed by atoms with van der Waals surface area (Å²) >= 11 is 0. The minimum atomic E-state index is -3.66. The molecule has 1 aliphatic carbocycles. The number of anilines is 2. The number of rotatable bonds is 8. The number of aliphatic hydroxyl groups excluding tert-OH is 1. The Bertz CT molecular complexity index is 1290. The Labute approximate surface area is 208 Å². The average molecular weight is 501 g/mol. The van der Waals surface area contributed by atoms with Crippen LogP contribution in [0, 0.1) is 18.7 Å². The third-order valence-corrected chi connectivity index (χ3v) is 7.29. The Morgan fingerprint density at radius 1 is 1.22 bits per heavy atom. The van der Waals surface area contributed by atoms with Crippen LogP contribution in [-0.4, -0.2) is 48.5 Å². The van der Waals surface area contributed by atoms with Gasteiger partial charge in [-0.3, -0.25) is 0 Å². The third kappa shape index (κ3) is 4.28. The molecule has 192 valence electrons. The molecule has 1 saturated heterocycles. The van der Waals surface area contributed by atoms with E-state index < -0.39 is 30.0 Å². The van der Waals surface area contributed by atoms with Crippen molar-refractivity contribution in [3.8, 4) is 0 Å². The molecule has 1 aromatic heterocycles. The van der Waals surface area contributed by atoms with Gasteiger partial charge in [0.2, 0.25) is 0 Å². The zero-order valence-electron chi connectivity index (χ0n) is 20.7. The van der Waals surface area contributed by atoms with E-state index in [1.807, 2.05) is 6.92 Å². The molecule has 9 heteroatoms. The first-order valence-corrected chi connectivity index (χ1v) is 12.3. The molecule has 0 unspecified atom stereocenters. The molecule has 6 nitrogen and oxygen atoms in total. The quantitative estimate of drug-likeness (QED) is 0.458. The van der Waals surface area contributed by atoms with Gasteiger partial charge < -0.3 is 20.1 Å². The molecule has 2 aliphatic rings. The molecule has 1 atom stereocenters. The van der Waals surface area contributed by atoms with Crippen LogP contribution in [0.25, 0.3) is 10.9 Å². The van der Waals surface area contributed by atoms with E-state index in [0.29, 0.717) is 17.6 Å². The summed E-state index contributed by atoms with van der Waals surface area (Å²) in [4.78, 5) is 11.7. The van der Waals surface area contributed by atoms with Crippen LogP contribution < -0.4 is 10.2 Å². The van der Waals surface area contributed by atoms with Gasteiger partial charge in [0.05, 0.1) is 23.7 Å². The zero-order valence-corrected chi connectivity index (χ0v) is 20.7. The number of hydrogen-bond donors (Lipinski definition) is 2. The van der Waals surface area contributed by atoms with Gasteiger partial charge in [0.25, 0.3) is 5.92 Å². The maximum Gasteiger partial charge on any atom is 0.298 e. The van der Waals surface area contributed by atoms with Crippen molar-refractivity contribution in [1.82, 2.24) is 9.97 Å². The lowest BCUT2D eigenvalue weighted by atomic mass is 9.95. The van der Waals surface area contributed by atoms with E-state index in [1.165, 1.54) is 28.9 Å². The number of alkyl halides is 2. The fourth-order valence-electron chi connectivity index (χ4n) is 5.49. The second kappa shape index (κ2) is 9.52. The molecule has 2 N–H and O–H groups in total. The lowest BCUT2D eigenvalue weighted by molar-refractivity contribution is -0.0583. The summed E-state index contributed by atoms with van der Waals surface area (Å²) < 4.78 is 48.6. The molecular weight excluding hydrogens is 469 g/mol. The number of aliphatic hydroxyl groups is 1. The van der Waals surface area contributed by atoms with Crippen molar-refractivity contribution >= 4 is 22.4 Å². The number of benzene rings is 2. The van der Waals surface area contributed by atoms with Gasteiger partial charge in [0, 0.05) is 42.8 Å². The Morgan fingerprint density at radius 2 is 1.97 bits per heavy atom. The Morgan fingerprint density at radius 3 is 2.69 bits per heavy atom. The van der Waals surface area contributed by atoms with Crippen LogP contribution in [0.1, 0.15) is 47.5 Å². The number of hydrogen-bond acceptors (Lipinski definition) is 6. The Kier molecular flexibility index (Phi) is 6.55. The first-order valence-electron chi connectivity index (χ1n) is 12.3. The Hall–Kier alpha value is -2.91. The molecule has 1 aliphatic heterocycles. The minimum Gasteiger partial charge on any atom is -0.390 e. The molecule has 2 heterocycles. The molecule has 36 heavy (non-hydrogen) atoms. The second-order valence-corrected chi connectivity index (χ2v) is 9.89. The average Bonchev–Trinajstić information content (AvgIpc) is 3.31. The minimum absolute atomic E-state index is 0.0802. The number of methoxy groups -OCH3 is 1. The molecule has 0 amide bonds. The first kappa shape index (κ1) is 24.8. The van der Waals surface area contributed by atoms with Crippen LogP contribution in [0.5, 0.6) is 0 Å². The number of nitrogens with zero attached hydrogens (tertiary/aromatic N) is 3. The summed E-state index contributed by atoms with van der Waals surface area (Å²) in [6.07, 6.45) is 3.01. The van der Waals surface area contributed by atoms with Crippen LogP contribution in [0.2, 0.25) is 0 Å². The standard InChI is InChI=1S/C27H31F3N4O2/c1-15(18-6-5-9-22(24(18)28)27(29,30)14-35)31-26-21-10-23(34-11-17(12-34)13-36-3)19-7-4-8-20(19)25(21)32-16(2)33-26/h5-6,9-10,15,17,35H,4,7-8,11-14H2,1-3H3,(H,31,32,33)/t15-/m1/s1. The van der Waals surface area contributed by atoms with Crippen molar-refractivity contribution in [2.75, 3.05) is 43.6 Å². The van der Waals surface area contributed by atoms with Crippen LogP contribution in [0.3, 0.4) is 0 Å². The van der Waals surface area contributed by atoms with Crippen molar-refractivity contribution in [3.63, 3.8) is 0 Å². The number of fused-ring (bicyclic) bond motifs is 3. The fourth-order valence-corrected chi connectivity index (χ4v) is 5.49. The molecule has 1 fully saturated rings. The topological polar surface area (TPSA) is 70.5 Å². The van der Waals surface area contributed by atoms with E-state index >= 15 is 4.39 Å². The van der Waals surface area contributed by atoms with E-state index in [2.05, 4.69) is 21.3 Å². The number of halogens is 3. The lowest BCUT2D eigenvalue weighted by Gasteiger charge is -2.42. The van der Waals surface area contributed by atoms with Gasteiger partial charge in [-0.2, -0.15) is 8.78 Å². The van der Waals surface area contributed by atoms with E-state index in [-0.39, 0.29) is 5.56 Å². The van der Waals surface area contributed by atoms with Gasteiger partial charge in [-0.25, -0.2) is 14.4 Å². The highest BCUT2D eigenvalue weighted by molar-refractivity contribution is 5.96. The molecule has 0 bridgehead atoms. The van der Waals surface area contributed by atoms with Crippen molar-refractivity contribution in [1.29, 1.82) is 0 Å². The van der Waals surface area contributed by atoms with Crippen LogP contribution in [-0.2, 0) is 23.5 Å².